The molecular formula is C37H25N5O. The normalized spacial score (nSPS) is 10.5. The van der Waals surface area contributed by atoms with Crippen LogP contribution in [-0.2, 0) is 4.74 Å². The molecule has 0 saturated heterocycles. The van der Waals surface area contributed by atoms with E-state index in [2.05, 4.69) is 12.1 Å². The van der Waals surface area contributed by atoms with Crippen LogP contribution in [0.3, 0.4) is 0 Å². The van der Waals surface area contributed by atoms with Crippen LogP contribution in [0.2, 0.25) is 0 Å². The predicted octanol–water partition coefficient (Wildman–Crippen LogP) is 8.38. The van der Waals surface area contributed by atoms with Crippen LogP contribution in [0.1, 0.15) is 16.7 Å². The first-order chi connectivity index (χ1) is 21.1. The van der Waals surface area contributed by atoms with Gasteiger partial charge in [0.05, 0.1) is 23.0 Å². The number of ether oxygens (including phenoxy) is 1. The molecule has 0 radical (unpaired) electrons. The van der Waals surface area contributed by atoms with Gasteiger partial charge in [-0.2, -0.15) is 5.26 Å². The highest BCUT2D eigenvalue weighted by molar-refractivity contribution is 6.05. The summed E-state index contributed by atoms with van der Waals surface area (Å²) in [6.45, 7) is 0. The fraction of sp³-hybridized carbons (Fsp3) is 0. The molecule has 0 spiro atoms. The average Bonchev–Trinajstić information content (AvgIpc) is 3.09. The third kappa shape index (κ3) is 6.12. The summed E-state index contributed by atoms with van der Waals surface area (Å²) in [4.78, 5) is 9.85. The van der Waals surface area contributed by atoms with E-state index in [1.807, 2.05) is 109 Å². The molecule has 0 atom stereocenters. The number of aromatic nitrogens is 2. The SMILES string of the molecule is N#Cc1cccc(-c2cccc(-c3cc(-c4cccc(C(=N)OC(=N)c5ccccc5)c4)nc(-c4ccccc4)n3)c2)c1. The predicted molar refractivity (Wildman–Crippen MR) is 170 cm³/mol. The summed E-state index contributed by atoms with van der Waals surface area (Å²) in [5.74, 6) is 0.361. The smallest absolute Gasteiger partial charge is 0.221 e. The molecule has 204 valence electrons. The first-order valence-corrected chi connectivity index (χ1v) is 13.6. The lowest BCUT2D eigenvalue weighted by Gasteiger charge is -2.12. The van der Waals surface area contributed by atoms with Gasteiger partial charge < -0.3 is 4.74 Å². The van der Waals surface area contributed by atoms with Crippen LogP contribution in [-0.4, -0.2) is 21.8 Å². The van der Waals surface area contributed by atoms with Crippen molar-refractivity contribution in [3.8, 4) is 51.1 Å². The fourth-order valence-electron chi connectivity index (χ4n) is 4.71. The number of nitriles is 1. The van der Waals surface area contributed by atoms with Gasteiger partial charge in [-0.3, -0.25) is 10.8 Å². The number of benzene rings is 5. The van der Waals surface area contributed by atoms with Crippen LogP contribution in [0.4, 0.5) is 0 Å². The Hall–Kier alpha value is -6.19. The fourth-order valence-corrected chi connectivity index (χ4v) is 4.71. The van der Waals surface area contributed by atoms with Crippen LogP contribution in [0.25, 0.3) is 45.0 Å². The van der Waals surface area contributed by atoms with Crippen LogP contribution in [0, 0.1) is 22.1 Å². The Morgan fingerprint density at radius 1 is 0.512 bits per heavy atom. The van der Waals surface area contributed by atoms with E-state index in [9.17, 15) is 5.26 Å². The number of rotatable bonds is 6. The summed E-state index contributed by atoms with van der Waals surface area (Å²) < 4.78 is 5.58. The minimum Gasteiger partial charge on any atom is -0.421 e. The number of hydrogen-bond acceptors (Lipinski definition) is 6. The number of nitrogens with one attached hydrogen (secondary N) is 2. The molecule has 0 unspecified atom stereocenters. The molecule has 0 amide bonds. The maximum absolute atomic E-state index is 9.37. The molecule has 6 aromatic rings. The van der Waals surface area contributed by atoms with Crippen molar-refractivity contribution >= 4 is 11.8 Å². The van der Waals surface area contributed by atoms with E-state index in [1.165, 1.54) is 0 Å². The zero-order valence-electron chi connectivity index (χ0n) is 23.0. The molecular weight excluding hydrogens is 530 g/mol. The van der Waals surface area contributed by atoms with Crippen molar-refractivity contribution in [3.05, 3.63) is 156 Å². The summed E-state index contributed by atoms with van der Waals surface area (Å²) in [6, 6.07) is 46.0. The molecule has 2 N–H and O–H groups in total. The van der Waals surface area contributed by atoms with Crippen LogP contribution in [0.15, 0.2) is 140 Å². The maximum atomic E-state index is 9.37. The van der Waals surface area contributed by atoms with E-state index < -0.39 is 0 Å². The van der Waals surface area contributed by atoms with Gasteiger partial charge in [0.15, 0.2) is 5.82 Å². The molecule has 0 fully saturated rings. The van der Waals surface area contributed by atoms with E-state index in [1.54, 1.807) is 24.3 Å². The largest absolute Gasteiger partial charge is 0.421 e. The van der Waals surface area contributed by atoms with Gasteiger partial charge in [0, 0.05) is 27.8 Å². The molecule has 0 saturated carbocycles. The standard InChI is InChI=1S/C37H25N5O/c38-24-25-10-7-15-28(20-25)29-16-8-17-30(21-29)33-23-34(42-37(41-33)27-13-5-2-6-14-27)31-18-9-19-32(22-31)36(40)43-35(39)26-11-3-1-4-12-26/h1-23,39-40H. The highest BCUT2D eigenvalue weighted by Gasteiger charge is 2.14. The summed E-state index contributed by atoms with van der Waals surface area (Å²) >= 11 is 0. The maximum Gasteiger partial charge on any atom is 0.221 e. The highest BCUT2D eigenvalue weighted by atomic mass is 16.5. The van der Waals surface area contributed by atoms with Crippen LogP contribution >= 0.6 is 0 Å². The lowest BCUT2D eigenvalue weighted by molar-refractivity contribution is 0.538. The van der Waals surface area contributed by atoms with Gasteiger partial charge in [0.1, 0.15) is 0 Å². The molecule has 0 aliphatic carbocycles. The quantitative estimate of drug-likeness (QED) is 0.159. The van der Waals surface area contributed by atoms with Crippen molar-refractivity contribution in [1.82, 2.24) is 9.97 Å². The van der Waals surface area contributed by atoms with E-state index in [-0.39, 0.29) is 11.8 Å². The molecule has 1 aromatic heterocycles. The van der Waals surface area contributed by atoms with Crippen molar-refractivity contribution in [2.24, 2.45) is 0 Å². The second-order valence-corrected chi connectivity index (χ2v) is 9.81. The van der Waals surface area contributed by atoms with Gasteiger partial charge in [-0.1, -0.05) is 91.0 Å². The Kier molecular flexibility index (Phi) is 7.62. The molecule has 0 bridgehead atoms. The molecule has 0 aliphatic heterocycles. The van der Waals surface area contributed by atoms with Crippen LogP contribution in [0.5, 0.6) is 0 Å². The third-order valence-electron chi connectivity index (χ3n) is 6.90. The summed E-state index contributed by atoms with van der Waals surface area (Å²) in [5.41, 5.74) is 7.66. The van der Waals surface area contributed by atoms with Gasteiger partial charge in [0.2, 0.25) is 11.8 Å². The second kappa shape index (κ2) is 12.1. The number of nitrogens with zero attached hydrogens (tertiary/aromatic N) is 3. The van der Waals surface area contributed by atoms with Crippen molar-refractivity contribution in [2.45, 2.75) is 0 Å². The molecule has 0 aliphatic rings. The molecule has 6 nitrogen and oxygen atoms in total. The second-order valence-electron chi connectivity index (χ2n) is 9.81. The first-order valence-electron chi connectivity index (χ1n) is 13.6. The van der Waals surface area contributed by atoms with E-state index in [0.29, 0.717) is 28.2 Å². The molecule has 1 heterocycles. The number of hydrogen-bond donors (Lipinski definition) is 2. The van der Waals surface area contributed by atoms with Crippen molar-refractivity contribution in [1.29, 1.82) is 16.1 Å². The first kappa shape index (κ1) is 27.0. The van der Waals surface area contributed by atoms with Crippen molar-refractivity contribution in [3.63, 3.8) is 0 Å². The zero-order valence-corrected chi connectivity index (χ0v) is 23.0. The summed E-state index contributed by atoms with van der Waals surface area (Å²) in [7, 11) is 0. The van der Waals surface area contributed by atoms with E-state index in [4.69, 9.17) is 25.5 Å². The molecule has 6 heteroatoms. The molecule has 43 heavy (non-hydrogen) atoms. The third-order valence-corrected chi connectivity index (χ3v) is 6.90. The molecule has 5 aromatic carbocycles. The zero-order chi connectivity index (χ0) is 29.6. The topological polar surface area (TPSA) is 106 Å². The lowest BCUT2D eigenvalue weighted by atomic mass is 9.99. The minimum absolute atomic E-state index is 0.0909. The van der Waals surface area contributed by atoms with Gasteiger partial charge in [-0.05, 0) is 59.7 Å². The van der Waals surface area contributed by atoms with Crippen LogP contribution < -0.4 is 0 Å². The lowest BCUT2D eigenvalue weighted by Crippen LogP contribution is -2.13. The minimum atomic E-state index is -0.124. The average molecular weight is 556 g/mol. The Bertz CT molecular complexity index is 2000. The van der Waals surface area contributed by atoms with Crippen molar-refractivity contribution < 1.29 is 4.74 Å². The Labute approximate surface area is 249 Å². The van der Waals surface area contributed by atoms with E-state index >= 15 is 0 Å². The van der Waals surface area contributed by atoms with Gasteiger partial charge in [-0.15, -0.1) is 0 Å². The summed E-state index contributed by atoms with van der Waals surface area (Å²) in [6.07, 6.45) is 0. The Morgan fingerprint density at radius 2 is 1.02 bits per heavy atom. The van der Waals surface area contributed by atoms with E-state index in [0.717, 1.165) is 33.5 Å². The van der Waals surface area contributed by atoms with Gasteiger partial charge >= 0.3 is 0 Å². The molecule has 6 rings (SSSR count). The van der Waals surface area contributed by atoms with Crippen molar-refractivity contribution in [2.75, 3.05) is 0 Å². The van der Waals surface area contributed by atoms with Gasteiger partial charge in [0.25, 0.3) is 0 Å². The monoisotopic (exact) mass is 555 g/mol. The highest BCUT2D eigenvalue weighted by Crippen LogP contribution is 2.31. The Morgan fingerprint density at radius 3 is 1.72 bits per heavy atom. The summed E-state index contributed by atoms with van der Waals surface area (Å²) in [5, 5.41) is 26.2. The van der Waals surface area contributed by atoms with Gasteiger partial charge in [-0.25, -0.2) is 9.97 Å². The Balaban J connectivity index is 1.39.